The normalized spacial score (nSPS) is 10.4. The lowest BCUT2D eigenvalue weighted by molar-refractivity contribution is 0.303. The topological polar surface area (TPSA) is 35.2 Å². The zero-order valence-corrected chi connectivity index (χ0v) is 10.2. The molecule has 2 aromatic rings. The highest BCUT2D eigenvalue weighted by atomic mass is 35.5. The molecule has 1 aromatic carbocycles. The van der Waals surface area contributed by atoms with E-state index < -0.39 is 0 Å². The number of hydrogen-bond acceptors (Lipinski definition) is 3. The van der Waals surface area contributed by atoms with Crippen molar-refractivity contribution in [3.63, 3.8) is 0 Å². The summed E-state index contributed by atoms with van der Waals surface area (Å²) in [5.74, 6) is 0.765. The highest BCUT2D eigenvalue weighted by Crippen LogP contribution is 2.26. The molecule has 0 fully saturated rings. The average molecular weight is 254 g/mol. The Kier molecular flexibility index (Phi) is 3.83. The Bertz CT molecular complexity index is 456. The van der Waals surface area contributed by atoms with Crippen LogP contribution in [0.25, 0.3) is 0 Å². The molecule has 1 aromatic heterocycles. The van der Waals surface area contributed by atoms with Crippen LogP contribution in [-0.2, 0) is 13.2 Å². The summed E-state index contributed by atoms with van der Waals surface area (Å²) >= 11 is 7.69. The summed E-state index contributed by atoms with van der Waals surface area (Å²) in [6, 6.07) is 7.61. The third kappa shape index (κ3) is 2.55. The second-order valence-electron chi connectivity index (χ2n) is 3.34. The van der Waals surface area contributed by atoms with Crippen molar-refractivity contribution in [2.75, 3.05) is 0 Å². The molecule has 1 heterocycles. The maximum absolute atomic E-state index is 6.03. The molecular weight excluding hydrogens is 242 g/mol. The van der Waals surface area contributed by atoms with Crippen LogP contribution in [0.2, 0.25) is 5.02 Å². The second kappa shape index (κ2) is 5.34. The summed E-state index contributed by atoms with van der Waals surface area (Å²) in [4.78, 5) is 0. The molecule has 16 heavy (non-hydrogen) atoms. The predicted octanol–water partition coefficient (Wildman–Crippen LogP) is 3.44. The van der Waals surface area contributed by atoms with Crippen LogP contribution >= 0.6 is 22.9 Å². The minimum atomic E-state index is 0.388. The summed E-state index contributed by atoms with van der Waals surface area (Å²) in [5.41, 5.74) is 7.66. The molecule has 84 valence electrons. The number of nitrogens with two attached hydrogens (primary N) is 1. The summed E-state index contributed by atoms with van der Waals surface area (Å²) in [6.07, 6.45) is 0. The van der Waals surface area contributed by atoms with Crippen LogP contribution in [0, 0.1) is 0 Å². The first kappa shape index (κ1) is 11.5. The Morgan fingerprint density at radius 2 is 2.19 bits per heavy atom. The van der Waals surface area contributed by atoms with Gasteiger partial charge in [-0.25, -0.2) is 0 Å². The standard InChI is InChI=1S/C12H12ClNOS/c13-11-2-1-3-12(10(11)6-14)15-7-9-4-5-16-8-9/h1-5,8H,6-7,14H2. The Morgan fingerprint density at radius 3 is 2.88 bits per heavy atom. The van der Waals surface area contributed by atoms with Crippen LogP contribution in [0.15, 0.2) is 35.0 Å². The van der Waals surface area contributed by atoms with Crippen LogP contribution < -0.4 is 10.5 Å². The molecule has 0 saturated heterocycles. The van der Waals surface area contributed by atoms with E-state index in [2.05, 4.69) is 5.38 Å². The van der Waals surface area contributed by atoms with Crippen molar-refractivity contribution in [2.45, 2.75) is 13.2 Å². The molecule has 0 atom stereocenters. The van der Waals surface area contributed by atoms with Gasteiger partial charge in [0.25, 0.3) is 0 Å². The van der Waals surface area contributed by atoms with E-state index in [9.17, 15) is 0 Å². The van der Waals surface area contributed by atoms with Crippen LogP contribution in [0.1, 0.15) is 11.1 Å². The van der Waals surface area contributed by atoms with E-state index in [0.29, 0.717) is 18.2 Å². The number of benzene rings is 1. The van der Waals surface area contributed by atoms with Crippen molar-refractivity contribution in [3.05, 3.63) is 51.2 Å². The lowest BCUT2D eigenvalue weighted by atomic mass is 10.2. The predicted molar refractivity (Wildman–Crippen MR) is 68.0 cm³/mol. The van der Waals surface area contributed by atoms with E-state index in [1.807, 2.05) is 29.6 Å². The maximum atomic E-state index is 6.03. The molecule has 0 radical (unpaired) electrons. The first-order chi connectivity index (χ1) is 7.81. The molecule has 0 aliphatic heterocycles. The highest BCUT2D eigenvalue weighted by Gasteiger charge is 2.06. The van der Waals surface area contributed by atoms with Crippen molar-refractivity contribution >= 4 is 22.9 Å². The van der Waals surface area contributed by atoms with Gasteiger partial charge < -0.3 is 10.5 Å². The fourth-order valence-electron chi connectivity index (χ4n) is 1.41. The molecule has 0 bridgehead atoms. The smallest absolute Gasteiger partial charge is 0.125 e. The summed E-state index contributed by atoms with van der Waals surface area (Å²) in [7, 11) is 0. The van der Waals surface area contributed by atoms with Gasteiger partial charge >= 0.3 is 0 Å². The Balaban J connectivity index is 2.12. The third-order valence-electron chi connectivity index (χ3n) is 2.25. The van der Waals surface area contributed by atoms with Gasteiger partial charge in [-0.15, -0.1) is 0 Å². The van der Waals surface area contributed by atoms with E-state index in [1.54, 1.807) is 11.3 Å². The second-order valence-corrected chi connectivity index (χ2v) is 4.53. The number of halogens is 1. The first-order valence-electron chi connectivity index (χ1n) is 4.92. The lowest BCUT2D eigenvalue weighted by Crippen LogP contribution is -2.03. The van der Waals surface area contributed by atoms with Crippen LogP contribution in [0.5, 0.6) is 5.75 Å². The van der Waals surface area contributed by atoms with E-state index in [1.165, 1.54) is 0 Å². The highest BCUT2D eigenvalue weighted by molar-refractivity contribution is 7.07. The van der Waals surface area contributed by atoms with Gasteiger partial charge in [-0.1, -0.05) is 17.7 Å². The van der Waals surface area contributed by atoms with E-state index >= 15 is 0 Å². The third-order valence-corrected chi connectivity index (χ3v) is 3.34. The number of thiophene rings is 1. The summed E-state index contributed by atoms with van der Waals surface area (Å²) in [5, 5.41) is 4.75. The van der Waals surface area contributed by atoms with E-state index in [0.717, 1.165) is 16.9 Å². The van der Waals surface area contributed by atoms with Crippen molar-refractivity contribution in [1.29, 1.82) is 0 Å². The molecule has 2 N–H and O–H groups in total. The minimum absolute atomic E-state index is 0.388. The van der Waals surface area contributed by atoms with Gasteiger partial charge in [0, 0.05) is 17.1 Å². The fourth-order valence-corrected chi connectivity index (χ4v) is 2.30. The van der Waals surface area contributed by atoms with Crippen LogP contribution in [0.3, 0.4) is 0 Å². The average Bonchev–Trinajstić information content (AvgIpc) is 2.79. The van der Waals surface area contributed by atoms with Crippen molar-refractivity contribution < 1.29 is 4.74 Å². The van der Waals surface area contributed by atoms with Crippen molar-refractivity contribution in [2.24, 2.45) is 5.73 Å². The van der Waals surface area contributed by atoms with Crippen molar-refractivity contribution in [1.82, 2.24) is 0 Å². The quantitative estimate of drug-likeness (QED) is 0.906. The molecule has 2 rings (SSSR count). The molecule has 0 spiro atoms. The lowest BCUT2D eigenvalue weighted by Gasteiger charge is -2.10. The van der Waals surface area contributed by atoms with Crippen LogP contribution in [-0.4, -0.2) is 0 Å². The molecule has 0 aliphatic carbocycles. The van der Waals surface area contributed by atoms with Gasteiger partial charge in [-0.2, -0.15) is 11.3 Å². The minimum Gasteiger partial charge on any atom is -0.488 e. The number of hydrogen-bond donors (Lipinski definition) is 1. The largest absolute Gasteiger partial charge is 0.488 e. The molecule has 0 saturated carbocycles. The number of rotatable bonds is 4. The monoisotopic (exact) mass is 253 g/mol. The SMILES string of the molecule is NCc1c(Cl)cccc1OCc1ccsc1. The Morgan fingerprint density at radius 1 is 1.31 bits per heavy atom. The van der Waals surface area contributed by atoms with Gasteiger partial charge in [-0.05, 0) is 34.5 Å². The molecule has 4 heteroatoms. The van der Waals surface area contributed by atoms with Gasteiger partial charge in [-0.3, -0.25) is 0 Å². The van der Waals surface area contributed by atoms with E-state index in [-0.39, 0.29) is 0 Å². The molecular formula is C12H12ClNOS. The Hall–Kier alpha value is -1.03. The van der Waals surface area contributed by atoms with Crippen LogP contribution in [0.4, 0.5) is 0 Å². The first-order valence-corrected chi connectivity index (χ1v) is 6.24. The molecule has 0 unspecified atom stereocenters. The van der Waals surface area contributed by atoms with Gasteiger partial charge in [0.1, 0.15) is 12.4 Å². The van der Waals surface area contributed by atoms with E-state index in [4.69, 9.17) is 22.1 Å². The molecule has 0 aliphatic rings. The summed E-state index contributed by atoms with van der Waals surface area (Å²) in [6.45, 7) is 0.940. The Labute approximate surface area is 104 Å². The number of ether oxygens (including phenoxy) is 1. The zero-order chi connectivity index (χ0) is 11.4. The van der Waals surface area contributed by atoms with Gasteiger partial charge in [0.15, 0.2) is 0 Å². The van der Waals surface area contributed by atoms with Gasteiger partial charge in [0.2, 0.25) is 0 Å². The van der Waals surface area contributed by atoms with Gasteiger partial charge in [0.05, 0.1) is 0 Å². The molecule has 2 nitrogen and oxygen atoms in total. The molecule has 0 amide bonds. The van der Waals surface area contributed by atoms with Crippen molar-refractivity contribution in [3.8, 4) is 5.75 Å². The fraction of sp³-hybridized carbons (Fsp3) is 0.167. The maximum Gasteiger partial charge on any atom is 0.125 e. The summed E-state index contributed by atoms with van der Waals surface area (Å²) < 4.78 is 5.70. The zero-order valence-electron chi connectivity index (χ0n) is 8.65.